The van der Waals surface area contributed by atoms with Crippen molar-refractivity contribution in [3.8, 4) is 0 Å². The van der Waals surface area contributed by atoms with Gasteiger partial charge in [-0.05, 0) is 19.4 Å². The molecule has 0 aliphatic heterocycles. The third kappa shape index (κ3) is 5.61. The van der Waals surface area contributed by atoms with Gasteiger partial charge in [0.05, 0.1) is 5.75 Å². The van der Waals surface area contributed by atoms with Gasteiger partial charge in [0.1, 0.15) is 10.8 Å². The molecule has 1 heterocycles. The van der Waals surface area contributed by atoms with E-state index in [1.807, 2.05) is 6.92 Å². The minimum Gasteiger partial charge on any atom is -0.312 e. The lowest BCUT2D eigenvalue weighted by Crippen LogP contribution is -2.12. The van der Waals surface area contributed by atoms with E-state index in [0.717, 1.165) is 24.4 Å². The molecule has 0 bridgehead atoms. The molecule has 0 saturated heterocycles. The molecule has 0 aromatic carbocycles. The summed E-state index contributed by atoms with van der Waals surface area (Å²) in [6.45, 7) is 5.74. The van der Waals surface area contributed by atoms with E-state index in [0.29, 0.717) is 11.4 Å². The Morgan fingerprint density at radius 2 is 2.12 bits per heavy atom. The van der Waals surface area contributed by atoms with Gasteiger partial charge in [0, 0.05) is 17.6 Å². The van der Waals surface area contributed by atoms with Crippen LogP contribution in [0.2, 0.25) is 0 Å². The van der Waals surface area contributed by atoms with Crippen molar-refractivity contribution in [2.24, 2.45) is 0 Å². The van der Waals surface area contributed by atoms with Crippen molar-refractivity contribution in [3.05, 3.63) is 16.1 Å². The molecule has 0 amide bonds. The molecule has 1 aromatic rings. The number of sulfone groups is 1. The van der Waals surface area contributed by atoms with Crippen LogP contribution in [0.4, 0.5) is 0 Å². The van der Waals surface area contributed by atoms with Gasteiger partial charge < -0.3 is 5.32 Å². The van der Waals surface area contributed by atoms with Gasteiger partial charge in [-0.15, -0.1) is 11.3 Å². The van der Waals surface area contributed by atoms with E-state index in [9.17, 15) is 8.42 Å². The fraction of sp³-hybridized carbons (Fsp3) is 0.727. The highest BCUT2D eigenvalue weighted by Crippen LogP contribution is 2.16. The zero-order valence-corrected chi connectivity index (χ0v) is 12.0. The maximum atomic E-state index is 11.6. The second kappa shape index (κ2) is 7.08. The molecule has 0 unspecified atom stereocenters. The second-order valence-corrected chi connectivity index (χ2v) is 7.37. The molecule has 0 saturated carbocycles. The smallest absolute Gasteiger partial charge is 0.156 e. The summed E-state index contributed by atoms with van der Waals surface area (Å²) in [5.41, 5.74) is 0. The van der Waals surface area contributed by atoms with Crippen molar-refractivity contribution in [1.29, 1.82) is 0 Å². The van der Waals surface area contributed by atoms with Crippen molar-refractivity contribution < 1.29 is 8.42 Å². The van der Waals surface area contributed by atoms with Crippen molar-refractivity contribution in [3.63, 3.8) is 0 Å². The summed E-state index contributed by atoms with van der Waals surface area (Å²) in [6.07, 6.45) is 3.53. The molecule has 0 atom stereocenters. The zero-order chi connectivity index (χ0) is 12.7. The van der Waals surface area contributed by atoms with E-state index < -0.39 is 9.84 Å². The van der Waals surface area contributed by atoms with E-state index in [4.69, 9.17) is 0 Å². The first-order valence-corrected chi connectivity index (χ1v) is 8.56. The largest absolute Gasteiger partial charge is 0.312 e. The molecule has 1 aromatic heterocycles. The third-order valence-electron chi connectivity index (χ3n) is 2.19. The van der Waals surface area contributed by atoms with Crippen LogP contribution < -0.4 is 5.32 Å². The van der Waals surface area contributed by atoms with Gasteiger partial charge in [0.15, 0.2) is 9.84 Å². The number of rotatable bonds is 8. The first kappa shape index (κ1) is 14.6. The summed E-state index contributed by atoms with van der Waals surface area (Å²) < 4.78 is 23.2. The number of hydrogen-bond acceptors (Lipinski definition) is 5. The maximum absolute atomic E-state index is 11.6. The molecule has 6 heteroatoms. The maximum Gasteiger partial charge on any atom is 0.156 e. The predicted octanol–water partition coefficient (Wildman–Crippen LogP) is 1.97. The lowest BCUT2D eigenvalue weighted by Gasteiger charge is -1.99. The minimum absolute atomic E-state index is 0.0826. The molecule has 0 radical (unpaired) electrons. The van der Waals surface area contributed by atoms with Crippen molar-refractivity contribution in [1.82, 2.24) is 10.3 Å². The average Bonchev–Trinajstić information content (AvgIpc) is 2.65. The summed E-state index contributed by atoms with van der Waals surface area (Å²) in [6, 6.07) is 0. The molecule has 0 fully saturated rings. The van der Waals surface area contributed by atoms with E-state index in [1.54, 1.807) is 6.20 Å². The molecule has 17 heavy (non-hydrogen) atoms. The lowest BCUT2D eigenvalue weighted by molar-refractivity contribution is 0.594. The minimum atomic E-state index is -2.97. The van der Waals surface area contributed by atoms with Crippen LogP contribution in [0.5, 0.6) is 0 Å². The number of nitrogens with one attached hydrogen (secondary N) is 1. The van der Waals surface area contributed by atoms with Crippen LogP contribution in [0.25, 0.3) is 0 Å². The molecule has 1 N–H and O–H groups in total. The number of aromatic nitrogens is 1. The quantitative estimate of drug-likeness (QED) is 0.738. The Labute approximate surface area is 107 Å². The highest BCUT2D eigenvalue weighted by atomic mass is 32.2. The van der Waals surface area contributed by atoms with Crippen LogP contribution in [0, 0.1) is 0 Å². The van der Waals surface area contributed by atoms with Gasteiger partial charge >= 0.3 is 0 Å². The van der Waals surface area contributed by atoms with Crippen molar-refractivity contribution >= 4 is 21.2 Å². The number of hydrogen-bond donors (Lipinski definition) is 1. The summed E-state index contributed by atoms with van der Waals surface area (Å²) in [7, 11) is -2.97. The number of nitrogens with zero attached hydrogens (tertiary/aromatic N) is 1. The summed E-state index contributed by atoms with van der Waals surface area (Å²) in [5.74, 6) is 0.329. The SMILES string of the molecule is CCCNCc1cnc(CS(=O)(=O)CCC)s1. The fourth-order valence-corrected chi connectivity index (χ4v) is 4.14. The summed E-state index contributed by atoms with van der Waals surface area (Å²) >= 11 is 1.48. The van der Waals surface area contributed by atoms with Gasteiger partial charge in [-0.25, -0.2) is 13.4 Å². The van der Waals surface area contributed by atoms with Crippen LogP contribution in [-0.2, 0) is 22.1 Å². The van der Waals surface area contributed by atoms with Gasteiger partial charge in [-0.3, -0.25) is 0 Å². The van der Waals surface area contributed by atoms with Crippen LogP contribution >= 0.6 is 11.3 Å². The Balaban J connectivity index is 2.51. The Bertz CT molecular complexity index is 426. The predicted molar refractivity (Wildman–Crippen MR) is 71.9 cm³/mol. The van der Waals surface area contributed by atoms with Crippen molar-refractivity contribution in [2.45, 2.75) is 39.0 Å². The van der Waals surface area contributed by atoms with E-state index in [1.165, 1.54) is 11.3 Å². The van der Waals surface area contributed by atoms with E-state index >= 15 is 0 Å². The molecule has 0 aliphatic carbocycles. The van der Waals surface area contributed by atoms with Gasteiger partial charge in [-0.2, -0.15) is 0 Å². The van der Waals surface area contributed by atoms with Crippen LogP contribution in [0.1, 0.15) is 36.6 Å². The second-order valence-electron chi connectivity index (χ2n) is 3.99. The molecular weight excluding hydrogens is 256 g/mol. The summed E-state index contributed by atoms with van der Waals surface area (Å²) in [5, 5.41) is 3.97. The van der Waals surface area contributed by atoms with E-state index in [2.05, 4.69) is 17.2 Å². The third-order valence-corrected chi connectivity index (χ3v) is 5.11. The Morgan fingerprint density at radius 1 is 1.35 bits per heavy atom. The first-order chi connectivity index (χ1) is 8.07. The monoisotopic (exact) mass is 276 g/mol. The standard InChI is InChI=1S/C11H20N2O2S2/c1-3-5-12-7-10-8-13-11(16-10)9-17(14,15)6-4-2/h8,12H,3-7,9H2,1-2H3. The Kier molecular flexibility index (Phi) is 6.08. The molecule has 0 aliphatic rings. The van der Waals surface area contributed by atoms with Crippen LogP contribution in [0.15, 0.2) is 6.20 Å². The normalized spacial score (nSPS) is 11.9. The Hall–Kier alpha value is -0.460. The topological polar surface area (TPSA) is 59.1 Å². The van der Waals surface area contributed by atoms with Crippen LogP contribution in [0.3, 0.4) is 0 Å². The Morgan fingerprint density at radius 3 is 2.76 bits per heavy atom. The molecule has 0 spiro atoms. The average molecular weight is 276 g/mol. The van der Waals surface area contributed by atoms with Gasteiger partial charge in [0.2, 0.25) is 0 Å². The van der Waals surface area contributed by atoms with Crippen LogP contribution in [-0.4, -0.2) is 25.7 Å². The first-order valence-electron chi connectivity index (χ1n) is 5.92. The van der Waals surface area contributed by atoms with Gasteiger partial charge in [0.25, 0.3) is 0 Å². The summed E-state index contributed by atoms with van der Waals surface area (Å²) in [4.78, 5) is 5.26. The highest BCUT2D eigenvalue weighted by molar-refractivity contribution is 7.90. The molecule has 1 rings (SSSR count). The lowest BCUT2D eigenvalue weighted by atomic mass is 10.4. The van der Waals surface area contributed by atoms with Gasteiger partial charge in [-0.1, -0.05) is 13.8 Å². The van der Waals surface area contributed by atoms with Crippen molar-refractivity contribution in [2.75, 3.05) is 12.3 Å². The molecule has 98 valence electrons. The fourth-order valence-electron chi connectivity index (χ4n) is 1.46. The highest BCUT2D eigenvalue weighted by Gasteiger charge is 2.13. The number of thiazole rings is 1. The zero-order valence-electron chi connectivity index (χ0n) is 10.4. The van der Waals surface area contributed by atoms with E-state index in [-0.39, 0.29) is 11.5 Å². The molecular formula is C11H20N2O2S2. The molecule has 4 nitrogen and oxygen atoms in total.